The molecule has 0 atom stereocenters. The van der Waals surface area contributed by atoms with Crippen molar-refractivity contribution in [3.8, 4) is 11.3 Å². The Balaban J connectivity index is 2.36. The van der Waals surface area contributed by atoms with Gasteiger partial charge in [-0.2, -0.15) is 0 Å². The van der Waals surface area contributed by atoms with Gasteiger partial charge in [-0.05, 0) is 13.5 Å². The smallest absolute Gasteiger partial charge is 0.108 e. The SMILES string of the molecule is Cc1[nH]c(CCN)nc1-c1ccccc1. The van der Waals surface area contributed by atoms with Gasteiger partial charge in [0.05, 0.1) is 5.69 Å². The van der Waals surface area contributed by atoms with E-state index >= 15 is 0 Å². The van der Waals surface area contributed by atoms with Crippen LogP contribution in [-0.4, -0.2) is 16.5 Å². The molecule has 0 saturated heterocycles. The molecule has 0 saturated carbocycles. The van der Waals surface area contributed by atoms with Crippen molar-refractivity contribution < 1.29 is 0 Å². The van der Waals surface area contributed by atoms with Crippen LogP contribution in [0.5, 0.6) is 0 Å². The molecule has 0 unspecified atom stereocenters. The van der Waals surface area contributed by atoms with Gasteiger partial charge >= 0.3 is 0 Å². The van der Waals surface area contributed by atoms with E-state index in [0.29, 0.717) is 6.54 Å². The molecule has 2 rings (SSSR count). The maximum Gasteiger partial charge on any atom is 0.108 e. The highest BCUT2D eigenvalue weighted by Crippen LogP contribution is 2.20. The van der Waals surface area contributed by atoms with Crippen molar-refractivity contribution >= 4 is 0 Å². The quantitative estimate of drug-likeness (QED) is 0.796. The molecule has 1 aromatic carbocycles. The zero-order valence-electron chi connectivity index (χ0n) is 8.83. The van der Waals surface area contributed by atoms with Gasteiger partial charge < -0.3 is 10.7 Å². The van der Waals surface area contributed by atoms with Crippen LogP contribution in [0.1, 0.15) is 11.5 Å². The monoisotopic (exact) mass is 201 g/mol. The number of aryl methyl sites for hydroxylation is 1. The van der Waals surface area contributed by atoms with E-state index in [0.717, 1.165) is 29.2 Å². The van der Waals surface area contributed by atoms with Gasteiger partial charge in [0.2, 0.25) is 0 Å². The summed E-state index contributed by atoms with van der Waals surface area (Å²) in [5.41, 5.74) is 8.77. The second-order valence-electron chi connectivity index (χ2n) is 3.56. The summed E-state index contributed by atoms with van der Waals surface area (Å²) in [7, 11) is 0. The first-order valence-electron chi connectivity index (χ1n) is 5.12. The predicted molar refractivity (Wildman–Crippen MR) is 61.5 cm³/mol. The van der Waals surface area contributed by atoms with Crippen LogP contribution in [0.3, 0.4) is 0 Å². The highest BCUT2D eigenvalue weighted by Gasteiger charge is 2.07. The molecule has 0 radical (unpaired) electrons. The molecule has 3 N–H and O–H groups in total. The third kappa shape index (κ3) is 2.07. The minimum absolute atomic E-state index is 0.626. The summed E-state index contributed by atoms with van der Waals surface area (Å²) in [4.78, 5) is 7.79. The maximum atomic E-state index is 5.50. The van der Waals surface area contributed by atoms with Crippen LogP contribution < -0.4 is 5.73 Å². The number of aromatic amines is 1. The summed E-state index contributed by atoms with van der Waals surface area (Å²) in [6.45, 7) is 2.66. The van der Waals surface area contributed by atoms with Crippen LogP contribution in [0.2, 0.25) is 0 Å². The fourth-order valence-electron chi connectivity index (χ4n) is 1.65. The average molecular weight is 201 g/mol. The van der Waals surface area contributed by atoms with Crippen molar-refractivity contribution in [3.05, 3.63) is 41.9 Å². The number of nitrogens with two attached hydrogens (primary N) is 1. The van der Waals surface area contributed by atoms with Gasteiger partial charge in [-0.1, -0.05) is 30.3 Å². The molecule has 3 heteroatoms. The highest BCUT2D eigenvalue weighted by molar-refractivity contribution is 5.61. The molecule has 0 amide bonds. The van der Waals surface area contributed by atoms with E-state index in [1.54, 1.807) is 0 Å². The zero-order chi connectivity index (χ0) is 10.7. The van der Waals surface area contributed by atoms with Crippen LogP contribution in [0.25, 0.3) is 11.3 Å². The molecule has 0 spiro atoms. The Hall–Kier alpha value is -1.61. The number of aromatic nitrogens is 2. The first-order valence-corrected chi connectivity index (χ1v) is 5.12. The average Bonchev–Trinajstić information content (AvgIpc) is 2.61. The molecule has 0 aliphatic heterocycles. The molecule has 0 aliphatic rings. The number of benzene rings is 1. The fraction of sp³-hybridized carbons (Fsp3) is 0.250. The fourth-order valence-corrected chi connectivity index (χ4v) is 1.65. The van der Waals surface area contributed by atoms with E-state index in [4.69, 9.17) is 5.73 Å². The van der Waals surface area contributed by atoms with Gasteiger partial charge in [0.15, 0.2) is 0 Å². The second kappa shape index (κ2) is 4.28. The van der Waals surface area contributed by atoms with Crippen LogP contribution in [0, 0.1) is 6.92 Å². The topological polar surface area (TPSA) is 54.7 Å². The number of hydrogen-bond donors (Lipinski definition) is 2. The molecule has 78 valence electrons. The van der Waals surface area contributed by atoms with Crippen molar-refractivity contribution in [1.82, 2.24) is 9.97 Å². The van der Waals surface area contributed by atoms with Gasteiger partial charge in [0.25, 0.3) is 0 Å². The van der Waals surface area contributed by atoms with E-state index in [1.807, 2.05) is 25.1 Å². The van der Waals surface area contributed by atoms with Gasteiger partial charge in [-0.3, -0.25) is 0 Å². The van der Waals surface area contributed by atoms with E-state index in [1.165, 1.54) is 0 Å². The minimum Gasteiger partial charge on any atom is -0.346 e. The Bertz CT molecular complexity index is 431. The Morgan fingerprint density at radius 2 is 2.00 bits per heavy atom. The Labute approximate surface area is 89.4 Å². The number of nitrogens with one attached hydrogen (secondary N) is 1. The first kappa shape index (κ1) is 9.93. The van der Waals surface area contributed by atoms with Crippen LogP contribution >= 0.6 is 0 Å². The molecular formula is C12H15N3. The molecule has 15 heavy (non-hydrogen) atoms. The van der Waals surface area contributed by atoms with Crippen molar-refractivity contribution in [2.24, 2.45) is 5.73 Å². The number of rotatable bonds is 3. The summed E-state index contributed by atoms with van der Waals surface area (Å²) < 4.78 is 0. The lowest BCUT2D eigenvalue weighted by Gasteiger charge is -1.96. The zero-order valence-corrected chi connectivity index (χ0v) is 8.83. The summed E-state index contributed by atoms with van der Waals surface area (Å²) in [5.74, 6) is 0.967. The number of imidazole rings is 1. The number of hydrogen-bond acceptors (Lipinski definition) is 2. The van der Waals surface area contributed by atoms with E-state index in [2.05, 4.69) is 22.1 Å². The Morgan fingerprint density at radius 3 is 2.67 bits per heavy atom. The third-order valence-electron chi connectivity index (χ3n) is 2.36. The van der Waals surface area contributed by atoms with Gasteiger partial charge in [-0.25, -0.2) is 4.98 Å². The number of H-pyrrole nitrogens is 1. The van der Waals surface area contributed by atoms with Crippen molar-refractivity contribution in [1.29, 1.82) is 0 Å². The van der Waals surface area contributed by atoms with Crippen LogP contribution in [-0.2, 0) is 6.42 Å². The van der Waals surface area contributed by atoms with Crippen molar-refractivity contribution in [2.45, 2.75) is 13.3 Å². The predicted octanol–water partition coefficient (Wildman–Crippen LogP) is 1.89. The van der Waals surface area contributed by atoms with Gasteiger partial charge in [-0.15, -0.1) is 0 Å². The molecule has 1 heterocycles. The van der Waals surface area contributed by atoms with Crippen LogP contribution in [0.15, 0.2) is 30.3 Å². The Kier molecular flexibility index (Phi) is 2.83. The molecule has 0 bridgehead atoms. The third-order valence-corrected chi connectivity index (χ3v) is 2.36. The van der Waals surface area contributed by atoms with Crippen molar-refractivity contribution in [3.63, 3.8) is 0 Å². The molecule has 0 fully saturated rings. The van der Waals surface area contributed by atoms with Gasteiger partial charge in [0, 0.05) is 17.7 Å². The highest BCUT2D eigenvalue weighted by atomic mass is 14.9. The normalized spacial score (nSPS) is 10.5. The standard InChI is InChI=1S/C12H15N3/c1-9-12(10-5-3-2-4-6-10)15-11(14-9)7-8-13/h2-6H,7-8,13H2,1H3,(H,14,15). The van der Waals surface area contributed by atoms with Gasteiger partial charge in [0.1, 0.15) is 5.82 Å². The second-order valence-corrected chi connectivity index (χ2v) is 3.56. The summed E-state index contributed by atoms with van der Waals surface area (Å²) >= 11 is 0. The van der Waals surface area contributed by atoms with E-state index in [-0.39, 0.29) is 0 Å². The van der Waals surface area contributed by atoms with E-state index < -0.39 is 0 Å². The molecule has 2 aromatic rings. The minimum atomic E-state index is 0.626. The molecule has 0 aliphatic carbocycles. The summed E-state index contributed by atoms with van der Waals surface area (Å²) in [5, 5.41) is 0. The lowest BCUT2D eigenvalue weighted by molar-refractivity contribution is 0.891. The lowest BCUT2D eigenvalue weighted by Crippen LogP contribution is -2.03. The Morgan fingerprint density at radius 1 is 1.27 bits per heavy atom. The van der Waals surface area contributed by atoms with Crippen molar-refractivity contribution in [2.75, 3.05) is 6.54 Å². The maximum absolute atomic E-state index is 5.50. The van der Waals surface area contributed by atoms with Crippen LogP contribution in [0.4, 0.5) is 0 Å². The molecule has 1 aromatic heterocycles. The van der Waals surface area contributed by atoms with E-state index in [9.17, 15) is 0 Å². The molecular weight excluding hydrogens is 186 g/mol. The largest absolute Gasteiger partial charge is 0.346 e. The molecule has 3 nitrogen and oxygen atoms in total. The summed E-state index contributed by atoms with van der Waals surface area (Å²) in [6, 6.07) is 10.2. The number of nitrogens with zero attached hydrogens (tertiary/aromatic N) is 1. The lowest BCUT2D eigenvalue weighted by atomic mass is 10.1. The first-order chi connectivity index (χ1) is 7.31. The summed E-state index contributed by atoms with van der Waals surface area (Å²) in [6.07, 6.45) is 0.799.